The minimum absolute atomic E-state index is 0.112. The minimum Gasteiger partial charge on any atom is -0.392 e. The van der Waals surface area contributed by atoms with E-state index in [1.54, 1.807) is 0 Å². The van der Waals surface area contributed by atoms with Crippen LogP contribution in [-0.2, 0) is 11.8 Å². The third kappa shape index (κ3) is 0.806. The topological polar surface area (TPSA) is 20.2 Å². The first kappa shape index (κ1) is 7.57. The van der Waals surface area contributed by atoms with Gasteiger partial charge in [-0.15, -0.1) is 0 Å². The third-order valence-electron chi connectivity index (χ3n) is 3.85. The second-order valence-electron chi connectivity index (χ2n) is 4.39. The summed E-state index contributed by atoms with van der Waals surface area (Å²) in [7, 11) is 0. The Labute approximate surface area is 78.4 Å². The first-order chi connectivity index (χ1) is 6.33. The van der Waals surface area contributed by atoms with Crippen LogP contribution in [0.2, 0.25) is 0 Å². The quantitative estimate of drug-likeness (QED) is 0.638. The molecular weight excluding hydrogens is 160 g/mol. The van der Waals surface area contributed by atoms with Crippen LogP contribution < -0.4 is 0 Å². The number of rotatable bonds is 0. The van der Waals surface area contributed by atoms with Crippen molar-refractivity contribution >= 4 is 0 Å². The minimum atomic E-state index is -0.112. The maximum atomic E-state index is 10.0. The maximum absolute atomic E-state index is 10.0. The van der Waals surface area contributed by atoms with Gasteiger partial charge in [0.1, 0.15) is 0 Å². The van der Waals surface area contributed by atoms with Gasteiger partial charge in [0.25, 0.3) is 0 Å². The molecule has 0 amide bonds. The predicted octanol–water partition coefficient (Wildman–Crippen LogP) is 2.03. The standard InChI is InChI=1S/C12H14O/c13-11-8-9-4-1-2-5-10(9)12(11)6-3-7-12/h1-2,4-5,11,13H,3,6-8H2. The summed E-state index contributed by atoms with van der Waals surface area (Å²) < 4.78 is 0. The molecule has 1 atom stereocenters. The van der Waals surface area contributed by atoms with Crippen molar-refractivity contribution in [3.63, 3.8) is 0 Å². The summed E-state index contributed by atoms with van der Waals surface area (Å²) in [5.74, 6) is 0. The van der Waals surface area contributed by atoms with Crippen LogP contribution in [0.5, 0.6) is 0 Å². The number of hydrogen-bond acceptors (Lipinski definition) is 1. The van der Waals surface area contributed by atoms with Crippen molar-refractivity contribution in [2.75, 3.05) is 0 Å². The van der Waals surface area contributed by atoms with Gasteiger partial charge in [-0.05, 0) is 30.4 Å². The average molecular weight is 174 g/mol. The molecule has 0 heterocycles. The van der Waals surface area contributed by atoms with E-state index in [0.717, 1.165) is 6.42 Å². The van der Waals surface area contributed by atoms with Gasteiger partial charge in [0.05, 0.1) is 6.10 Å². The SMILES string of the molecule is OC1Cc2ccccc2C12CCC2. The fourth-order valence-corrected chi connectivity index (χ4v) is 2.93. The molecule has 13 heavy (non-hydrogen) atoms. The highest BCUT2D eigenvalue weighted by Crippen LogP contribution is 2.52. The first-order valence-corrected chi connectivity index (χ1v) is 5.09. The lowest BCUT2D eigenvalue weighted by Crippen LogP contribution is -2.42. The van der Waals surface area contributed by atoms with Crippen LogP contribution in [0.15, 0.2) is 24.3 Å². The van der Waals surface area contributed by atoms with E-state index in [-0.39, 0.29) is 11.5 Å². The van der Waals surface area contributed by atoms with Gasteiger partial charge in [-0.2, -0.15) is 0 Å². The molecule has 68 valence electrons. The highest BCUT2D eigenvalue weighted by atomic mass is 16.3. The second kappa shape index (κ2) is 2.36. The lowest BCUT2D eigenvalue weighted by Gasteiger charge is -2.42. The Hall–Kier alpha value is -0.820. The average Bonchev–Trinajstić information content (AvgIpc) is 2.35. The van der Waals surface area contributed by atoms with Crippen LogP contribution >= 0.6 is 0 Å². The molecule has 1 heteroatoms. The molecule has 0 bridgehead atoms. The summed E-state index contributed by atoms with van der Waals surface area (Å²) >= 11 is 0. The number of benzene rings is 1. The Morgan fingerprint density at radius 2 is 2.00 bits per heavy atom. The van der Waals surface area contributed by atoms with Crippen molar-refractivity contribution in [2.45, 2.75) is 37.2 Å². The fourth-order valence-electron chi connectivity index (χ4n) is 2.93. The van der Waals surface area contributed by atoms with Gasteiger partial charge < -0.3 is 5.11 Å². The van der Waals surface area contributed by atoms with E-state index in [0.29, 0.717) is 0 Å². The molecule has 1 unspecified atom stereocenters. The van der Waals surface area contributed by atoms with Gasteiger partial charge in [-0.25, -0.2) is 0 Å². The smallest absolute Gasteiger partial charge is 0.0677 e. The Balaban J connectivity index is 2.14. The van der Waals surface area contributed by atoms with Crippen LogP contribution in [0.25, 0.3) is 0 Å². The molecular formula is C12H14O. The van der Waals surface area contributed by atoms with Crippen molar-refractivity contribution in [1.82, 2.24) is 0 Å². The highest BCUT2D eigenvalue weighted by molar-refractivity contribution is 5.43. The predicted molar refractivity (Wildman–Crippen MR) is 51.7 cm³/mol. The molecule has 0 aliphatic heterocycles. The zero-order chi connectivity index (χ0) is 8.89. The summed E-state index contributed by atoms with van der Waals surface area (Å²) in [6, 6.07) is 8.52. The zero-order valence-electron chi connectivity index (χ0n) is 7.66. The molecule has 1 N–H and O–H groups in total. The molecule has 1 nitrogen and oxygen atoms in total. The second-order valence-corrected chi connectivity index (χ2v) is 4.39. The van der Waals surface area contributed by atoms with Crippen LogP contribution in [0, 0.1) is 0 Å². The monoisotopic (exact) mass is 174 g/mol. The normalized spacial score (nSPS) is 28.5. The van der Waals surface area contributed by atoms with Crippen molar-refractivity contribution in [3.05, 3.63) is 35.4 Å². The van der Waals surface area contributed by atoms with Crippen LogP contribution in [-0.4, -0.2) is 11.2 Å². The lowest BCUT2D eigenvalue weighted by atomic mass is 9.64. The van der Waals surface area contributed by atoms with Gasteiger partial charge in [-0.3, -0.25) is 0 Å². The molecule has 0 aromatic heterocycles. The largest absolute Gasteiger partial charge is 0.392 e. The number of fused-ring (bicyclic) bond motifs is 2. The van der Waals surface area contributed by atoms with E-state index in [1.807, 2.05) is 0 Å². The fraction of sp³-hybridized carbons (Fsp3) is 0.500. The molecule has 1 fully saturated rings. The molecule has 1 aromatic carbocycles. The Kier molecular flexibility index (Phi) is 1.37. The first-order valence-electron chi connectivity index (χ1n) is 5.09. The third-order valence-corrected chi connectivity index (χ3v) is 3.85. The van der Waals surface area contributed by atoms with E-state index in [2.05, 4.69) is 24.3 Å². The number of hydrogen-bond donors (Lipinski definition) is 1. The van der Waals surface area contributed by atoms with Gasteiger partial charge >= 0.3 is 0 Å². The van der Waals surface area contributed by atoms with Gasteiger partial charge in [-0.1, -0.05) is 30.7 Å². The van der Waals surface area contributed by atoms with E-state index in [1.165, 1.54) is 30.4 Å². The Morgan fingerprint density at radius 3 is 2.69 bits per heavy atom. The Morgan fingerprint density at radius 1 is 1.23 bits per heavy atom. The van der Waals surface area contributed by atoms with E-state index in [9.17, 15) is 5.11 Å². The lowest BCUT2D eigenvalue weighted by molar-refractivity contribution is 0.0439. The van der Waals surface area contributed by atoms with Crippen LogP contribution in [0.4, 0.5) is 0 Å². The summed E-state index contributed by atoms with van der Waals surface area (Å²) in [4.78, 5) is 0. The van der Waals surface area contributed by atoms with Gasteiger partial charge in [0.15, 0.2) is 0 Å². The van der Waals surface area contributed by atoms with Crippen molar-refractivity contribution in [1.29, 1.82) is 0 Å². The molecule has 1 spiro atoms. The molecule has 0 radical (unpaired) electrons. The summed E-state index contributed by atoms with van der Waals surface area (Å²) in [5, 5.41) is 10.0. The van der Waals surface area contributed by atoms with Crippen LogP contribution in [0.3, 0.4) is 0 Å². The highest BCUT2D eigenvalue weighted by Gasteiger charge is 2.49. The molecule has 3 rings (SSSR count). The molecule has 2 aliphatic carbocycles. The molecule has 2 aliphatic rings. The molecule has 1 aromatic rings. The summed E-state index contributed by atoms with van der Waals surface area (Å²) in [6.07, 6.45) is 4.41. The summed E-state index contributed by atoms with van der Waals surface area (Å²) in [5.41, 5.74) is 2.96. The van der Waals surface area contributed by atoms with Crippen molar-refractivity contribution in [3.8, 4) is 0 Å². The van der Waals surface area contributed by atoms with Crippen LogP contribution in [0.1, 0.15) is 30.4 Å². The van der Waals surface area contributed by atoms with E-state index >= 15 is 0 Å². The number of aliphatic hydroxyl groups excluding tert-OH is 1. The van der Waals surface area contributed by atoms with Crippen molar-refractivity contribution in [2.24, 2.45) is 0 Å². The number of aliphatic hydroxyl groups is 1. The van der Waals surface area contributed by atoms with Crippen molar-refractivity contribution < 1.29 is 5.11 Å². The zero-order valence-corrected chi connectivity index (χ0v) is 7.66. The summed E-state index contributed by atoms with van der Waals surface area (Å²) in [6.45, 7) is 0. The van der Waals surface area contributed by atoms with E-state index < -0.39 is 0 Å². The van der Waals surface area contributed by atoms with E-state index in [4.69, 9.17) is 0 Å². The molecule has 0 saturated heterocycles. The van der Waals surface area contributed by atoms with Gasteiger partial charge in [0.2, 0.25) is 0 Å². The van der Waals surface area contributed by atoms with Gasteiger partial charge in [0, 0.05) is 5.41 Å². The Bertz CT molecular complexity index is 339. The molecule has 1 saturated carbocycles. The maximum Gasteiger partial charge on any atom is 0.0677 e.